The van der Waals surface area contributed by atoms with Crippen LogP contribution in [0.5, 0.6) is 5.75 Å². The fourth-order valence-electron chi connectivity index (χ4n) is 2.39. The normalized spacial score (nSPS) is 11.6. The molecule has 0 fully saturated rings. The molecule has 1 heterocycles. The van der Waals surface area contributed by atoms with Crippen molar-refractivity contribution in [3.8, 4) is 17.2 Å². The first-order valence-electron chi connectivity index (χ1n) is 8.67. The molecule has 1 aromatic heterocycles. The number of nitrogens with one attached hydrogen (secondary N) is 1. The number of carbonyl (C=O) groups excluding carboxylic acids is 2. The van der Waals surface area contributed by atoms with E-state index in [9.17, 15) is 9.59 Å². The zero-order chi connectivity index (χ0) is 20.8. The summed E-state index contributed by atoms with van der Waals surface area (Å²) in [6, 6.07) is 13.4. The summed E-state index contributed by atoms with van der Waals surface area (Å²) >= 11 is 5.78. The van der Waals surface area contributed by atoms with Gasteiger partial charge in [0, 0.05) is 16.1 Å². The predicted octanol–water partition coefficient (Wildman–Crippen LogP) is 3.43. The second-order valence-electron chi connectivity index (χ2n) is 6.00. The lowest BCUT2D eigenvalue weighted by Crippen LogP contribution is -2.31. The predicted molar refractivity (Wildman–Crippen MR) is 105 cm³/mol. The highest BCUT2D eigenvalue weighted by Crippen LogP contribution is 2.24. The lowest BCUT2D eigenvalue weighted by molar-refractivity contribution is -0.148. The number of carbonyl (C=O) groups is 2. The maximum atomic E-state index is 12.0. The quantitative estimate of drug-likeness (QED) is 0.589. The molecule has 9 heteroatoms. The van der Waals surface area contributed by atoms with Gasteiger partial charge >= 0.3 is 5.97 Å². The van der Waals surface area contributed by atoms with Crippen LogP contribution in [0, 0.1) is 0 Å². The van der Waals surface area contributed by atoms with Gasteiger partial charge in [0.25, 0.3) is 11.8 Å². The van der Waals surface area contributed by atoms with E-state index in [4.69, 9.17) is 25.5 Å². The molecular weight excluding hydrogens is 398 g/mol. The number of benzene rings is 2. The summed E-state index contributed by atoms with van der Waals surface area (Å²) in [4.78, 5) is 24.0. The second-order valence-corrected chi connectivity index (χ2v) is 6.43. The van der Waals surface area contributed by atoms with Crippen LogP contribution < -0.4 is 10.1 Å². The molecule has 0 unspecified atom stereocenters. The second kappa shape index (κ2) is 9.20. The Morgan fingerprint density at radius 1 is 1.10 bits per heavy atom. The number of halogens is 1. The lowest BCUT2D eigenvalue weighted by atomic mass is 10.2. The van der Waals surface area contributed by atoms with E-state index in [1.807, 2.05) is 0 Å². The van der Waals surface area contributed by atoms with Gasteiger partial charge in [-0.2, -0.15) is 0 Å². The molecule has 0 bridgehead atoms. The zero-order valence-corrected chi connectivity index (χ0v) is 16.5. The number of nitrogens with zero attached hydrogens (tertiary/aromatic N) is 2. The van der Waals surface area contributed by atoms with Crippen LogP contribution in [0.2, 0.25) is 5.02 Å². The number of esters is 1. The smallest absolute Gasteiger partial charge is 0.326 e. The maximum absolute atomic E-state index is 12.0. The Bertz CT molecular complexity index is 986. The van der Waals surface area contributed by atoms with Crippen LogP contribution >= 0.6 is 11.6 Å². The zero-order valence-electron chi connectivity index (χ0n) is 15.7. The lowest BCUT2D eigenvalue weighted by Gasteiger charge is -2.10. The molecule has 150 valence electrons. The number of ether oxygens (including phenoxy) is 2. The number of rotatable bonds is 7. The SMILES string of the molecule is COc1ccc(-c2nnc([C@H](C)OC(=O)CNC(=O)c3ccc(Cl)cc3)o2)cc1. The molecule has 8 nitrogen and oxygen atoms in total. The average molecular weight is 416 g/mol. The first-order valence-corrected chi connectivity index (χ1v) is 9.05. The molecule has 3 rings (SSSR count). The molecule has 0 spiro atoms. The van der Waals surface area contributed by atoms with Crippen molar-refractivity contribution in [2.24, 2.45) is 0 Å². The average Bonchev–Trinajstić information content (AvgIpc) is 3.23. The molecule has 1 amide bonds. The molecule has 0 radical (unpaired) electrons. The highest BCUT2D eigenvalue weighted by Gasteiger charge is 2.19. The standard InChI is InChI=1S/C20H18ClN3O5/c1-12(19-23-24-20(29-19)14-5-9-16(27-2)10-6-14)28-17(25)11-22-18(26)13-3-7-15(21)8-4-13/h3-10,12H,11H2,1-2H3,(H,22,26)/t12-/m0/s1. The molecule has 0 saturated heterocycles. The van der Waals surface area contributed by atoms with E-state index in [-0.39, 0.29) is 12.4 Å². The third-order valence-electron chi connectivity index (χ3n) is 3.93. The first-order chi connectivity index (χ1) is 14.0. The number of amides is 1. The molecule has 29 heavy (non-hydrogen) atoms. The Morgan fingerprint density at radius 2 is 1.79 bits per heavy atom. The van der Waals surface area contributed by atoms with Gasteiger partial charge in [0.05, 0.1) is 7.11 Å². The van der Waals surface area contributed by atoms with Gasteiger partial charge < -0.3 is 19.2 Å². The van der Waals surface area contributed by atoms with Gasteiger partial charge in [0.2, 0.25) is 5.89 Å². The topological polar surface area (TPSA) is 104 Å². The van der Waals surface area contributed by atoms with Gasteiger partial charge in [0.1, 0.15) is 12.3 Å². The molecule has 2 aromatic carbocycles. The van der Waals surface area contributed by atoms with Crippen molar-refractivity contribution in [3.05, 3.63) is 65.0 Å². The molecule has 0 saturated carbocycles. The summed E-state index contributed by atoms with van der Waals surface area (Å²) in [6.07, 6.45) is -0.769. The van der Waals surface area contributed by atoms with Crippen LogP contribution in [0.1, 0.15) is 29.3 Å². The minimum Gasteiger partial charge on any atom is -0.497 e. The summed E-state index contributed by atoms with van der Waals surface area (Å²) in [5.74, 6) is 0.0982. The summed E-state index contributed by atoms with van der Waals surface area (Å²) in [5.41, 5.74) is 1.09. The van der Waals surface area contributed by atoms with E-state index < -0.39 is 18.0 Å². The van der Waals surface area contributed by atoms with Crippen molar-refractivity contribution in [2.75, 3.05) is 13.7 Å². The molecule has 1 atom stereocenters. The van der Waals surface area contributed by atoms with Gasteiger partial charge in [-0.3, -0.25) is 9.59 Å². The van der Waals surface area contributed by atoms with Crippen molar-refractivity contribution >= 4 is 23.5 Å². The number of hydrogen-bond donors (Lipinski definition) is 1. The summed E-state index contributed by atoms with van der Waals surface area (Å²) in [6.45, 7) is 1.30. The summed E-state index contributed by atoms with van der Waals surface area (Å²) in [5, 5.41) is 10.9. The fraction of sp³-hybridized carbons (Fsp3) is 0.200. The highest BCUT2D eigenvalue weighted by molar-refractivity contribution is 6.30. The monoisotopic (exact) mass is 415 g/mol. The summed E-state index contributed by atoms with van der Waals surface area (Å²) < 4.78 is 15.9. The van der Waals surface area contributed by atoms with Crippen molar-refractivity contribution in [2.45, 2.75) is 13.0 Å². The van der Waals surface area contributed by atoms with E-state index in [2.05, 4.69) is 15.5 Å². The molecule has 3 aromatic rings. The van der Waals surface area contributed by atoms with Crippen LogP contribution in [0.3, 0.4) is 0 Å². The number of methoxy groups -OCH3 is 1. The van der Waals surface area contributed by atoms with Gasteiger partial charge in [-0.05, 0) is 55.5 Å². The van der Waals surface area contributed by atoms with Crippen molar-refractivity contribution < 1.29 is 23.5 Å². The highest BCUT2D eigenvalue weighted by atomic mass is 35.5. The minimum atomic E-state index is -0.769. The van der Waals surface area contributed by atoms with Crippen molar-refractivity contribution in [3.63, 3.8) is 0 Å². The molecule has 0 aliphatic rings. The Hall–Kier alpha value is -3.39. The third-order valence-corrected chi connectivity index (χ3v) is 4.19. The maximum Gasteiger partial charge on any atom is 0.326 e. The van der Waals surface area contributed by atoms with Gasteiger partial charge in [-0.15, -0.1) is 10.2 Å². The number of aromatic nitrogens is 2. The van der Waals surface area contributed by atoms with Crippen LogP contribution in [-0.4, -0.2) is 35.7 Å². The molecular formula is C20H18ClN3O5. The fourth-order valence-corrected chi connectivity index (χ4v) is 2.52. The Labute approximate surface area is 171 Å². The van der Waals surface area contributed by atoms with E-state index in [1.54, 1.807) is 62.6 Å². The van der Waals surface area contributed by atoms with Gasteiger partial charge in [0.15, 0.2) is 6.10 Å². The molecule has 0 aliphatic carbocycles. The van der Waals surface area contributed by atoms with Gasteiger partial charge in [-0.25, -0.2) is 0 Å². The van der Waals surface area contributed by atoms with E-state index in [0.29, 0.717) is 27.8 Å². The Balaban J connectivity index is 1.53. The molecule has 1 N–H and O–H groups in total. The van der Waals surface area contributed by atoms with E-state index >= 15 is 0 Å². The van der Waals surface area contributed by atoms with Gasteiger partial charge in [-0.1, -0.05) is 11.6 Å². The van der Waals surface area contributed by atoms with Crippen molar-refractivity contribution in [1.29, 1.82) is 0 Å². The largest absolute Gasteiger partial charge is 0.497 e. The first kappa shape index (κ1) is 20.3. The van der Waals surface area contributed by atoms with Crippen LogP contribution in [-0.2, 0) is 9.53 Å². The van der Waals surface area contributed by atoms with Crippen molar-refractivity contribution in [1.82, 2.24) is 15.5 Å². The molecule has 0 aliphatic heterocycles. The van der Waals surface area contributed by atoms with Crippen LogP contribution in [0.15, 0.2) is 52.9 Å². The Morgan fingerprint density at radius 3 is 2.45 bits per heavy atom. The number of hydrogen-bond acceptors (Lipinski definition) is 7. The van der Waals surface area contributed by atoms with Crippen LogP contribution in [0.25, 0.3) is 11.5 Å². The van der Waals surface area contributed by atoms with Crippen LogP contribution in [0.4, 0.5) is 0 Å². The third kappa shape index (κ3) is 5.32. The van der Waals surface area contributed by atoms with E-state index in [1.165, 1.54) is 0 Å². The minimum absolute atomic E-state index is 0.146. The Kier molecular flexibility index (Phi) is 6.46. The summed E-state index contributed by atoms with van der Waals surface area (Å²) in [7, 11) is 1.58. The van der Waals surface area contributed by atoms with E-state index in [0.717, 1.165) is 0 Å².